The van der Waals surface area contributed by atoms with Gasteiger partial charge in [0, 0.05) is 12.3 Å². The fraction of sp³-hybridized carbons (Fsp3) is 0.0769. The van der Waals surface area contributed by atoms with Gasteiger partial charge in [0.2, 0.25) is 5.88 Å². The fourth-order valence-corrected chi connectivity index (χ4v) is 1.44. The molecule has 5 nitrogen and oxygen atoms in total. The summed E-state index contributed by atoms with van der Waals surface area (Å²) in [4.78, 5) is 4.00. The van der Waals surface area contributed by atoms with Crippen LogP contribution in [0.2, 0.25) is 0 Å². The molecule has 90 valence electrons. The summed E-state index contributed by atoms with van der Waals surface area (Å²) in [6, 6.07) is 10.3. The lowest BCUT2D eigenvalue weighted by Crippen LogP contribution is -1.95. The van der Waals surface area contributed by atoms with Crippen molar-refractivity contribution in [2.45, 2.75) is 0 Å². The Morgan fingerprint density at radius 1 is 1.33 bits per heavy atom. The number of nitrogens with two attached hydrogens (primary N) is 1. The van der Waals surface area contributed by atoms with Gasteiger partial charge in [0.15, 0.2) is 0 Å². The molecule has 0 spiro atoms. The molecular formula is C13H11N3O2. The number of pyridine rings is 1. The number of nitrogen functional groups attached to an aromatic ring is 1. The maximum Gasteiger partial charge on any atom is 0.237 e. The molecule has 0 aliphatic carbocycles. The first-order valence-electron chi connectivity index (χ1n) is 5.21. The monoisotopic (exact) mass is 241 g/mol. The van der Waals surface area contributed by atoms with E-state index in [0.717, 1.165) is 0 Å². The predicted molar refractivity (Wildman–Crippen MR) is 66.4 cm³/mol. The van der Waals surface area contributed by atoms with E-state index < -0.39 is 0 Å². The number of aromatic nitrogens is 1. The molecule has 1 heterocycles. The van der Waals surface area contributed by atoms with Crippen molar-refractivity contribution < 1.29 is 9.47 Å². The van der Waals surface area contributed by atoms with Gasteiger partial charge < -0.3 is 15.2 Å². The molecule has 0 aliphatic rings. The molecule has 0 bridgehead atoms. The van der Waals surface area contributed by atoms with Gasteiger partial charge in [0.05, 0.1) is 12.8 Å². The molecule has 0 radical (unpaired) electrons. The summed E-state index contributed by atoms with van der Waals surface area (Å²) >= 11 is 0. The zero-order valence-electron chi connectivity index (χ0n) is 9.75. The lowest BCUT2D eigenvalue weighted by Gasteiger charge is -2.08. The molecule has 0 aliphatic heterocycles. The summed E-state index contributed by atoms with van der Waals surface area (Å²) in [7, 11) is 1.54. The number of methoxy groups -OCH3 is 1. The maximum absolute atomic E-state index is 8.92. The Hall–Kier alpha value is -2.74. The minimum Gasteiger partial charge on any atom is -0.495 e. The molecule has 18 heavy (non-hydrogen) atoms. The molecule has 2 rings (SSSR count). The Bertz CT molecular complexity index is 605. The lowest BCUT2D eigenvalue weighted by molar-refractivity contribution is 0.414. The molecule has 2 N–H and O–H groups in total. The largest absolute Gasteiger partial charge is 0.495 e. The van der Waals surface area contributed by atoms with Gasteiger partial charge in [-0.15, -0.1) is 0 Å². The van der Waals surface area contributed by atoms with Crippen molar-refractivity contribution in [2.75, 3.05) is 12.8 Å². The molecule has 0 unspecified atom stereocenters. The van der Waals surface area contributed by atoms with Gasteiger partial charge >= 0.3 is 0 Å². The van der Waals surface area contributed by atoms with Gasteiger partial charge in [-0.25, -0.2) is 4.98 Å². The van der Waals surface area contributed by atoms with Crippen molar-refractivity contribution in [3.05, 3.63) is 42.1 Å². The minimum atomic E-state index is 0.254. The maximum atomic E-state index is 8.92. The summed E-state index contributed by atoms with van der Waals surface area (Å²) in [5.74, 6) is 1.33. The summed E-state index contributed by atoms with van der Waals surface area (Å²) in [6.45, 7) is 0. The Labute approximate surface area is 104 Å². The van der Waals surface area contributed by atoms with E-state index in [4.69, 9.17) is 20.5 Å². The topological polar surface area (TPSA) is 81.2 Å². The first kappa shape index (κ1) is 11.7. The molecule has 0 fully saturated rings. The van der Waals surface area contributed by atoms with E-state index in [2.05, 4.69) is 4.98 Å². The molecule has 5 heteroatoms. The van der Waals surface area contributed by atoms with E-state index in [1.54, 1.807) is 43.6 Å². The Morgan fingerprint density at radius 2 is 2.17 bits per heavy atom. The zero-order valence-corrected chi connectivity index (χ0v) is 9.75. The second-order valence-electron chi connectivity index (χ2n) is 3.47. The van der Waals surface area contributed by atoms with E-state index in [1.165, 1.54) is 0 Å². The van der Waals surface area contributed by atoms with E-state index in [1.807, 2.05) is 6.07 Å². The molecule has 0 amide bonds. The highest BCUT2D eigenvalue weighted by Crippen LogP contribution is 2.29. The number of ether oxygens (including phenoxy) is 2. The SMILES string of the molecule is COc1ccc(Oc2ncccc2C#N)cc1N. The van der Waals surface area contributed by atoms with Crippen molar-refractivity contribution >= 4 is 5.69 Å². The molecule has 1 aromatic heterocycles. The van der Waals surface area contributed by atoms with Crippen LogP contribution in [0, 0.1) is 11.3 Å². The van der Waals surface area contributed by atoms with Crippen molar-refractivity contribution in [2.24, 2.45) is 0 Å². The normalized spacial score (nSPS) is 9.56. The molecule has 0 atom stereocenters. The summed E-state index contributed by atoms with van der Waals surface area (Å²) in [6.07, 6.45) is 1.56. The van der Waals surface area contributed by atoms with Gasteiger partial charge in [0.1, 0.15) is 23.1 Å². The standard InChI is InChI=1S/C13H11N3O2/c1-17-12-5-4-10(7-11(12)15)18-13-9(8-14)3-2-6-16-13/h2-7H,15H2,1H3. The number of hydrogen-bond acceptors (Lipinski definition) is 5. The highest BCUT2D eigenvalue weighted by atomic mass is 16.5. The van der Waals surface area contributed by atoms with Crippen LogP contribution in [0.25, 0.3) is 0 Å². The average Bonchev–Trinajstić information content (AvgIpc) is 2.39. The summed E-state index contributed by atoms with van der Waals surface area (Å²) < 4.78 is 10.6. The predicted octanol–water partition coefficient (Wildman–Crippen LogP) is 2.34. The van der Waals surface area contributed by atoms with Crippen molar-refractivity contribution in [3.63, 3.8) is 0 Å². The third kappa shape index (κ3) is 2.33. The van der Waals surface area contributed by atoms with E-state index >= 15 is 0 Å². The molecular weight excluding hydrogens is 230 g/mol. The molecule has 1 aromatic carbocycles. The molecule has 0 saturated heterocycles. The second kappa shape index (κ2) is 5.06. The van der Waals surface area contributed by atoms with Gasteiger partial charge in [-0.3, -0.25) is 0 Å². The highest BCUT2D eigenvalue weighted by molar-refractivity contribution is 5.56. The third-order valence-electron chi connectivity index (χ3n) is 2.31. The van der Waals surface area contributed by atoms with Crippen molar-refractivity contribution in [1.82, 2.24) is 4.98 Å². The van der Waals surface area contributed by atoms with Crippen LogP contribution in [0.3, 0.4) is 0 Å². The van der Waals surface area contributed by atoms with Gasteiger partial charge in [-0.1, -0.05) is 0 Å². The van der Waals surface area contributed by atoms with Gasteiger partial charge in [0.25, 0.3) is 0 Å². The first-order chi connectivity index (χ1) is 8.74. The third-order valence-corrected chi connectivity index (χ3v) is 2.31. The molecule has 2 aromatic rings. The van der Waals surface area contributed by atoms with Crippen LogP contribution in [-0.2, 0) is 0 Å². The minimum absolute atomic E-state index is 0.254. The number of nitrogens with zero attached hydrogens (tertiary/aromatic N) is 2. The van der Waals surface area contributed by atoms with E-state index in [-0.39, 0.29) is 5.88 Å². The summed E-state index contributed by atoms with van der Waals surface area (Å²) in [5, 5.41) is 8.92. The quantitative estimate of drug-likeness (QED) is 0.834. The number of rotatable bonds is 3. The molecule has 0 saturated carbocycles. The Kier molecular flexibility index (Phi) is 3.30. The smallest absolute Gasteiger partial charge is 0.237 e. The highest BCUT2D eigenvalue weighted by Gasteiger charge is 2.07. The summed E-state index contributed by atoms with van der Waals surface area (Å²) in [5.41, 5.74) is 6.60. The van der Waals surface area contributed by atoms with Crippen molar-refractivity contribution in [1.29, 1.82) is 5.26 Å². The lowest BCUT2D eigenvalue weighted by atomic mass is 10.2. The Balaban J connectivity index is 2.29. The van der Waals surface area contributed by atoms with Crippen LogP contribution in [-0.4, -0.2) is 12.1 Å². The zero-order chi connectivity index (χ0) is 13.0. The van der Waals surface area contributed by atoms with E-state index in [0.29, 0.717) is 22.7 Å². The number of nitriles is 1. The van der Waals surface area contributed by atoms with Crippen LogP contribution in [0.4, 0.5) is 5.69 Å². The first-order valence-corrected chi connectivity index (χ1v) is 5.21. The van der Waals surface area contributed by atoms with E-state index in [9.17, 15) is 0 Å². The van der Waals surface area contributed by atoms with Crippen molar-refractivity contribution in [3.8, 4) is 23.4 Å². The van der Waals surface area contributed by atoms with Crippen LogP contribution >= 0.6 is 0 Å². The second-order valence-corrected chi connectivity index (χ2v) is 3.47. The number of hydrogen-bond donors (Lipinski definition) is 1. The van der Waals surface area contributed by atoms with Crippen LogP contribution < -0.4 is 15.2 Å². The van der Waals surface area contributed by atoms with Gasteiger partial charge in [-0.05, 0) is 24.3 Å². The number of benzene rings is 1. The van der Waals surface area contributed by atoms with Crippen LogP contribution in [0.1, 0.15) is 5.56 Å². The average molecular weight is 241 g/mol. The fourth-order valence-electron chi connectivity index (χ4n) is 1.44. The van der Waals surface area contributed by atoms with Crippen LogP contribution in [0.5, 0.6) is 17.4 Å². The van der Waals surface area contributed by atoms with Gasteiger partial charge in [-0.2, -0.15) is 5.26 Å². The Morgan fingerprint density at radius 3 is 2.83 bits per heavy atom. The van der Waals surface area contributed by atoms with Crippen LogP contribution in [0.15, 0.2) is 36.5 Å². The number of anilines is 1.